The molecule has 0 bridgehead atoms. The highest BCUT2D eigenvalue weighted by Crippen LogP contribution is 2.29. The Labute approximate surface area is 137 Å². The van der Waals surface area contributed by atoms with Crippen LogP contribution in [0.1, 0.15) is 42.3 Å². The SMILES string of the molecule is COc1ccc2c(c1)CCN(c1ccc(C(C)(C)C)cc1)C2=O. The normalized spacial score (nSPS) is 14.6. The minimum atomic E-state index is 0.0670. The van der Waals surface area contributed by atoms with Crippen LogP contribution < -0.4 is 9.64 Å². The Morgan fingerprint density at radius 2 is 1.74 bits per heavy atom. The van der Waals surface area contributed by atoms with E-state index in [1.165, 1.54) is 5.56 Å². The van der Waals surface area contributed by atoms with E-state index < -0.39 is 0 Å². The van der Waals surface area contributed by atoms with Gasteiger partial charge in [-0.1, -0.05) is 32.9 Å². The van der Waals surface area contributed by atoms with E-state index in [-0.39, 0.29) is 11.3 Å². The molecule has 3 nitrogen and oxygen atoms in total. The van der Waals surface area contributed by atoms with E-state index in [4.69, 9.17) is 4.74 Å². The van der Waals surface area contributed by atoms with E-state index in [2.05, 4.69) is 32.9 Å². The Hall–Kier alpha value is -2.29. The molecule has 0 saturated heterocycles. The van der Waals surface area contributed by atoms with Crippen LogP contribution in [-0.4, -0.2) is 19.6 Å². The number of hydrogen-bond donors (Lipinski definition) is 0. The van der Waals surface area contributed by atoms with Gasteiger partial charge in [0.25, 0.3) is 5.91 Å². The number of methoxy groups -OCH3 is 1. The van der Waals surface area contributed by atoms with Crippen molar-refractivity contribution in [1.82, 2.24) is 0 Å². The van der Waals surface area contributed by atoms with Crippen molar-refractivity contribution in [2.24, 2.45) is 0 Å². The van der Waals surface area contributed by atoms with Crippen LogP contribution in [0.2, 0.25) is 0 Å². The molecule has 0 atom stereocenters. The van der Waals surface area contributed by atoms with Crippen LogP contribution in [-0.2, 0) is 11.8 Å². The smallest absolute Gasteiger partial charge is 0.258 e. The maximum Gasteiger partial charge on any atom is 0.258 e. The number of carbonyl (C=O) groups is 1. The zero-order valence-electron chi connectivity index (χ0n) is 14.2. The molecule has 0 aliphatic carbocycles. The zero-order valence-corrected chi connectivity index (χ0v) is 14.2. The van der Waals surface area contributed by atoms with Gasteiger partial charge in [-0.25, -0.2) is 0 Å². The van der Waals surface area contributed by atoms with Crippen molar-refractivity contribution >= 4 is 11.6 Å². The monoisotopic (exact) mass is 309 g/mol. The molecule has 1 aliphatic heterocycles. The van der Waals surface area contributed by atoms with E-state index in [1.807, 2.05) is 35.2 Å². The zero-order chi connectivity index (χ0) is 16.6. The molecule has 0 saturated carbocycles. The summed E-state index contributed by atoms with van der Waals surface area (Å²) in [5.41, 5.74) is 4.20. The van der Waals surface area contributed by atoms with Gasteiger partial charge < -0.3 is 9.64 Å². The molecule has 2 aromatic rings. The summed E-state index contributed by atoms with van der Waals surface area (Å²) in [7, 11) is 1.65. The fraction of sp³-hybridized carbons (Fsp3) is 0.350. The summed E-state index contributed by atoms with van der Waals surface area (Å²) in [4.78, 5) is 14.6. The number of hydrogen-bond acceptors (Lipinski definition) is 2. The molecular formula is C20H23NO2. The Balaban J connectivity index is 1.89. The van der Waals surface area contributed by atoms with Crippen LogP contribution in [0.5, 0.6) is 5.75 Å². The lowest BCUT2D eigenvalue weighted by atomic mass is 9.87. The fourth-order valence-corrected chi connectivity index (χ4v) is 2.98. The molecule has 3 heteroatoms. The number of amides is 1. The molecule has 0 unspecified atom stereocenters. The Kier molecular flexibility index (Phi) is 3.88. The largest absolute Gasteiger partial charge is 0.497 e. The van der Waals surface area contributed by atoms with Crippen LogP contribution in [0.4, 0.5) is 5.69 Å². The lowest BCUT2D eigenvalue weighted by Crippen LogP contribution is -2.37. The van der Waals surface area contributed by atoms with Crippen LogP contribution in [0.15, 0.2) is 42.5 Å². The fourth-order valence-electron chi connectivity index (χ4n) is 2.98. The molecule has 120 valence electrons. The number of nitrogens with zero attached hydrogens (tertiary/aromatic N) is 1. The second-order valence-electron chi connectivity index (χ2n) is 7.03. The Morgan fingerprint density at radius 1 is 1.04 bits per heavy atom. The second-order valence-corrected chi connectivity index (χ2v) is 7.03. The molecule has 1 amide bonds. The van der Waals surface area contributed by atoms with Gasteiger partial charge in [0.1, 0.15) is 5.75 Å². The summed E-state index contributed by atoms with van der Waals surface area (Å²) in [5.74, 6) is 0.872. The van der Waals surface area contributed by atoms with Crippen LogP contribution in [0.3, 0.4) is 0 Å². The molecule has 0 spiro atoms. The summed E-state index contributed by atoms with van der Waals surface area (Å²) < 4.78 is 5.25. The van der Waals surface area contributed by atoms with Gasteiger partial charge in [-0.15, -0.1) is 0 Å². The standard InChI is InChI=1S/C20H23NO2/c1-20(2,3)15-5-7-16(8-6-15)21-12-11-14-13-17(23-4)9-10-18(14)19(21)22/h5-10,13H,11-12H2,1-4H3. The van der Waals surface area contributed by atoms with Crippen molar-refractivity contribution in [2.45, 2.75) is 32.6 Å². The highest BCUT2D eigenvalue weighted by atomic mass is 16.5. The van der Waals surface area contributed by atoms with Crippen molar-refractivity contribution in [1.29, 1.82) is 0 Å². The first-order valence-electron chi connectivity index (χ1n) is 7.99. The highest BCUT2D eigenvalue weighted by molar-refractivity contribution is 6.08. The molecule has 1 heterocycles. The van der Waals surface area contributed by atoms with Gasteiger partial charge in [0.05, 0.1) is 7.11 Å². The molecule has 1 aliphatic rings. The number of rotatable bonds is 2. The summed E-state index contributed by atoms with van der Waals surface area (Å²) in [6, 6.07) is 14.0. The lowest BCUT2D eigenvalue weighted by Gasteiger charge is -2.29. The molecule has 0 N–H and O–H groups in total. The molecule has 0 fully saturated rings. The van der Waals surface area contributed by atoms with E-state index in [0.29, 0.717) is 6.54 Å². The first kappa shape index (κ1) is 15.6. The topological polar surface area (TPSA) is 29.5 Å². The predicted octanol–water partition coefficient (Wildman–Crippen LogP) is 4.20. The van der Waals surface area contributed by atoms with E-state index in [1.54, 1.807) is 7.11 Å². The number of ether oxygens (including phenoxy) is 1. The molecule has 23 heavy (non-hydrogen) atoms. The minimum absolute atomic E-state index is 0.0670. The average Bonchev–Trinajstić information content (AvgIpc) is 2.54. The van der Waals surface area contributed by atoms with Gasteiger partial charge in [-0.3, -0.25) is 4.79 Å². The van der Waals surface area contributed by atoms with Crippen molar-refractivity contribution < 1.29 is 9.53 Å². The lowest BCUT2D eigenvalue weighted by molar-refractivity contribution is 0.0980. The third-order valence-corrected chi connectivity index (χ3v) is 4.44. The van der Waals surface area contributed by atoms with E-state index in [9.17, 15) is 4.79 Å². The Morgan fingerprint density at radius 3 is 2.35 bits per heavy atom. The summed E-state index contributed by atoms with van der Waals surface area (Å²) in [5, 5.41) is 0. The number of fused-ring (bicyclic) bond motifs is 1. The summed E-state index contributed by atoms with van der Waals surface area (Å²) in [6.45, 7) is 7.28. The third kappa shape index (κ3) is 2.96. The van der Waals surface area contributed by atoms with E-state index in [0.717, 1.165) is 29.0 Å². The number of benzene rings is 2. The van der Waals surface area contributed by atoms with Crippen molar-refractivity contribution in [3.8, 4) is 5.75 Å². The quantitative estimate of drug-likeness (QED) is 0.832. The predicted molar refractivity (Wildman–Crippen MR) is 93.5 cm³/mol. The molecule has 2 aromatic carbocycles. The first-order valence-corrected chi connectivity index (χ1v) is 7.99. The maximum absolute atomic E-state index is 12.8. The highest BCUT2D eigenvalue weighted by Gasteiger charge is 2.26. The summed E-state index contributed by atoms with van der Waals surface area (Å²) in [6.07, 6.45) is 0.847. The second kappa shape index (κ2) is 5.73. The van der Waals surface area contributed by atoms with Gasteiger partial charge in [-0.2, -0.15) is 0 Å². The first-order chi connectivity index (χ1) is 10.9. The van der Waals surface area contributed by atoms with Gasteiger partial charge in [0, 0.05) is 17.8 Å². The number of anilines is 1. The molecule has 0 aromatic heterocycles. The van der Waals surface area contributed by atoms with Gasteiger partial charge in [0.2, 0.25) is 0 Å². The molecule has 0 radical (unpaired) electrons. The third-order valence-electron chi connectivity index (χ3n) is 4.44. The molecule has 3 rings (SSSR count). The molecular weight excluding hydrogens is 286 g/mol. The van der Waals surface area contributed by atoms with Gasteiger partial charge in [-0.05, 0) is 53.3 Å². The maximum atomic E-state index is 12.8. The minimum Gasteiger partial charge on any atom is -0.497 e. The van der Waals surface area contributed by atoms with Crippen LogP contribution >= 0.6 is 0 Å². The number of carbonyl (C=O) groups excluding carboxylic acids is 1. The van der Waals surface area contributed by atoms with E-state index >= 15 is 0 Å². The van der Waals surface area contributed by atoms with Crippen molar-refractivity contribution in [2.75, 3.05) is 18.6 Å². The average molecular weight is 309 g/mol. The summed E-state index contributed by atoms with van der Waals surface area (Å²) >= 11 is 0. The Bertz CT molecular complexity index is 726. The van der Waals surface area contributed by atoms with Gasteiger partial charge >= 0.3 is 0 Å². The van der Waals surface area contributed by atoms with Crippen molar-refractivity contribution in [3.63, 3.8) is 0 Å². The van der Waals surface area contributed by atoms with Crippen molar-refractivity contribution in [3.05, 3.63) is 59.2 Å². The van der Waals surface area contributed by atoms with Crippen LogP contribution in [0.25, 0.3) is 0 Å². The van der Waals surface area contributed by atoms with Crippen LogP contribution in [0, 0.1) is 0 Å². The van der Waals surface area contributed by atoms with Gasteiger partial charge in [0.15, 0.2) is 0 Å².